The highest BCUT2D eigenvalue weighted by Gasteiger charge is 2.20. The van der Waals surface area contributed by atoms with Crippen LogP contribution in [0.2, 0.25) is 0 Å². The summed E-state index contributed by atoms with van der Waals surface area (Å²) in [6, 6.07) is 10.7. The first-order valence-corrected chi connectivity index (χ1v) is 7.76. The molecule has 0 aliphatic heterocycles. The van der Waals surface area contributed by atoms with Gasteiger partial charge < -0.3 is 10.4 Å². The molecule has 2 nitrogen and oxygen atoms in total. The molecule has 0 saturated heterocycles. The van der Waals surface area contributed by atoms with Gasteiger partial charge in [0, 0.05) is 12.1 Å². The smallest absolute Gasteiger partial charge is 0.0940 e. The Hall–Kier alpha value is -0.860. The van der Waals surface area contributed by atoms with E-state index in [1.54, 1.807) is 0 Å². The van der Waals surface area contributed by atoms with Crippen LogP contribution in [0.4, 0.5) is 0 Å². The number of aliphatic hydroxyl groups excluding tert-OH is 1. The van der Waals surface area contributed by atoms with Crippen LogP contribution >= 0.6 is 0 Å². The van der Waals surface area contributed by atoms with Crippen LogP contribution in [0.5, 0.6) is 0 Å². The molecule has 1 fully saturated rings. The van der Waals surface area contributed by atoms with E-state index < -0.39 is 6.10 Å². The molecule has 2 atom stereocenters. The average Bonchev–Trinajstić information content (AvgIpc) is 2.41. The Morgan fingerprint density at radius 1 is 1.00 bits per heavy atom. The standard InChI is InChI=1S/C17H27NO/c1-14(17(19)15-10-6-5-7-11-15)18-16-12-8-3-2-4-9-13-16/h5-7,10-11,14,16-19H,2-4,8-9,12-13H2,1H3/t14-,17-/m0/s1. The minimum Gasteiger partial charge on any atom is -0.387 e. The molecular formula is C17H27NO. The summed E-state index contributed by atoms with van der Waals surface area (Å²) in [6.07, 6.45) is 8.89. The normalized spacial score (nSPS) is 21.4. The van der Waals surface area contributed by atoms with Crippen molar-refractivity contribution in [1.29, 1.82) is 0 Å². The van der Waals surface area contributed by atoms with Gasteiger partial charge in [-0.25, -0.2) is 0 Å². The van der Waals surface area contributed by atoms with Crippen LogP contribution in [0.15, 0.2) is 30.3 Å². The molecule has 0 aromatic heterocycles. The van der Waals surface area contributed by atoms with Gasteiger partial charge in [0.15, 0.2) is 0 Å². The van der Waals surface area contributed by atoms with Crippen LogP contribution < -0.4 is 5.32 Å². The first-order chi connectivity index (χ1) is 9.27. The van der Waals surface area contributed by atoms with E-state index in [-0.39, 0.29) is 6.04 Å². The van der Waals surface area contributed by atoms with Gasteiger partial charge in [-0.3, -0.25) is 0 Å². The quantitative estimate of drug-likeness (QED) is 0.864. The number of hydrogen-bond donors (Lipinski definition) is 2. The van der Waals surface area contributed by atoms with Gasteiger partial charge in [-0.05, 0) is 25.3 Å². The van der Waals surface area contributed by atoms with Gasteiger partial charge in [0.05, 0.1) is 6.10 Å². The largest absolute Gasteiger partial charge is 0.387 e. The van der Waals surface area contributed by atoms with Crippen molar-refractivity contribution in [3.05, 3.63) is 35.9 Å². The molecule has 1 aromatic carbocycles. The van der Waals surface area contributed by atoms with Crippen molar-refractivity contribution in [3.8, 4) is 0 Å². The van der Waals surface area contributed by atoms with Gasteiger partial charge in [-0.2, -0.15) is 0 Å². The van der Waals surface area contributed by atoms with E-state index in [4.69, 9.17) is 0 Å². The molecule has 1 aliphatic rings. The molecule has 0 unspecified atom stereocenters. The van der Waals surface area contributed by atoms with E-state index in [1.807, 2.05) is 30.3 Å². The number of hydrogen-bond acceptors (Lipinski definition) is 2. The summed E-state index contributed by atoms with van der Waals surface area (Å²) >= 11 is 0. The molecular weight excluding hydrogens is 234 g/mol. The fourth-order valence-corrected chi connectivity index (χ4v) is 3.02. The van der Waals surface area contributed by atoms with E-state index in [0.717, 1.165) is 5.56 Å². The molecule has 0 radical (unpaired) electrons. The average molecular weight is 261 g/mol. The Kier molecular flexibility index (Phi) is 5.87. The van der Waals surface area contributed by atoms with Crippen molar-refractivity contribution in [1.82, 2.24) is 5.32 Å². The molecule has 19 heavy (non-hydrogen) atoms. The van der Waals surface area contributed by atoms with E-state index in [2.05, 4.69) is 12.2 Å². The Morgan fingerprint density at radius 3 is 2.21 bits per heavy atom. The Morgan fingerprint density at radius 2 is 1.58 bits per heavy atom. The lowest BCUT2D eigenvalue weighted by molar-refractivity contribution is 0.126. The fourth-order valence-electron chi connectivity index (χ4n) is 3.02. The predicted molar refractivity (Wildman–Crippen MR) is 80.1 cm³/mol. The summed E-state index contributed by atoms with van der Waals surface area (Å²) in [5.74, 6) is 0. The second kappa shape index (κ2) is 7.66. The van der Waals surface area contributed by atoms with Gasteiger partial charge in [0.25, 0.3) is 0 Å². The van der Waals surface area contributed by atoms with Crippen molar-refractivity contribution >= 4 is 0 Å². The first kappa shape index (κ1) is 14.5. The SMILES string of the molecule is C[C@H](NC1CCCCCCC1)[C@H](O)c1ccccc1. The van der Waals surface area contributed by atoms with Crippen LogP contribution in [-0.4, -0.2) is 17.2 Å². The summed E-state index contributed by atoms with van der Waals surface area (Å²) in [6.45, 7) is 2.09. The van der Waals surface area contributed by atoms with E-state index in [1.165, 1.54) is 44.9 Å². The van der Waals surface area contributed by atoms with Crippen LogP contribution in [0.1, 0.15) is 63.5 Å². The second-order valence-corrected chi connectivity index (χ2v) is 5.85. The zero-order valence-electron chi connectivity index (χ0n) is 12.0. The summed E-state index contributed by atoms with van der Waals surface area (Å²) in [5.41, 5.74) is 1.01. The number of benzene rings is 1. The number of nitrogens with one attached hydrogen (secondary N) is 1. The lowest BCUT2D eigenvalue weighted by Crippen LogP contribution is -2.40. The highest BCUT2D eigenvalue weighted by Crippen LogP contribution is 2.21. The summed E-state index contributed by atoms with van der Waals surface area (Å²) in [4.78, 5) is 0. The third kappa shape index (κ3) is 4.63. The van der Waals surface area contributed by atoms with E-state index in [9.17, 15) is 5.11 Å². The van der Waals surface area contributed by atoms with Crippen molar-refractivity contribution in [2.45, 2.75) is 70.1 Å². The van der Waals surface area contributed by atoms with Crippen molar-refractivity contribution < 1.29 is 5.11 Å². The van der Waals surface area contributed by atoms with Gasteiger partial charge in [-0.15, -0.1) is 0 Å². The maximum absolute atomic E-state index is 10.4. The van der Waals surface area contributed by atoms with E-state index >= 15 is 0 Å². The Labute approximate surface area is 117 Å². The van der Waals surface area contributed by atoms with Crippen LogP contribution in [0.25, 0.3) is 0 Å². The van der Waals surface area contributed by atoms with Crippen molar-refractivity contribution in [2.24, 2.45) is 0 Å². The van der Waals surface area contributed by atoms with Gasteiger partial charge in [-0.1, -0.05) is 62.4 Å². The van der Waals surface area contributed by atoms with Gasteiger partial charge in [0.2, 0.25) is 0 Å². The third-order valence-corrected chi connectivity index (χ3v) is 4.22. The lowest BCUT2D eigenvalue weighted by atomic mass is 9.95. The van der Waals surface area contributed by atoms with Crippen LogP contribution in [0, 0.1) is 0 Å². The third-order valence-electron chi connectivity index (χ3n) is 4.22. The summed E-state index contributed by atoms with van der Waals surface area (Å²) in [5, 5.41) is 14.0. The van der Waals surface area contributed by atoms with Gasteiger partial charge >= 0.3 is 0 Å². The monoisotopic (exact) mass is 261 g/mol. The number of aliphatic hydroxyl groups is 1. The van der Waals surface area contributed by atoms with Crippen molar-refractivity contribution in [3.63, 3.8) is 0 Å². The zero-order chi connectivity index (χ0) is 13.5. The molecule has 2 N–H and O–H groups in total. The molecule has 2 rings (SSSR count). The molecule has 0 spiro atoms. The first-order valence-electron chi connectivity index (χ1n) is 7.76. The van der Waals surface area contributed by atoms with Crippen LogP contribution in [0.3, 0.4) is 0 Å². The molecule has 1 saturated carbocycles. The fraction of sp³-hybridized carbons (Fsp3) is 0.647. The maximum atomic E-state index is 10.4. The minimum absolute atomic E-state index is 0.117. The maximum Gasteiger partial charge on any atom is 0.0940 e. The second-order valence-electron chi connectivity index (χ2n) is 5.85. The highest BCUT2D eigenvalue weighted by atomic mass is 16.3. The van der Waals surface area contributed by atoms with Crippen LogP contribution in [-0.2, 0) is 0 Å². The zero-order valence-corrected chi connectivity index (χ0v) is 12.0. The molecule has 0 amide bonds. The molecule has 0 heterocycles. The number of rotatable bonds is 4. The molecule has 106 valence electrons. The highest BCUT2D eigenvalue weighted by molar-refractivity contribution is 5.18. The van der Waals surface area contributed by atoms with Crippen molar-refractivity contribution in [2.75, 3.05) is 0 Å². The predicted octanol–water partition coefficient (Wildman–Crippen LogP) is 3.81. The lowest BCUT2D eigenvalue weighted by Gasteiger charge is -2.28. The topological polar surface area (TPSA) is 32.3 Å². The Balaban J connectivity index is 1.86. The summed E-state index contributed by atoms with van der Waals surface area (Å²) in [7, 11) is 0. The van der Waals surface area contributed by atoms with Gasteiger partial charge in [0.1, 0.15) is 0 Å². The minimum atomic E-state index is -0.411. The molecule has 1 aliphatic carbocycles. The molecule has 1 aromatic rings. The van der Waals surface area contributed by atoms with E-state index in [0.29, 0.717) is 6.04 Å². The molecule has 0 bridgehead atoms. The summed E-state index contributed by atoms with van der Waals surface area (Å²) < 4.78 is 0. The molecule has 2 heteroatoms. The Bertz CT molecular complexity index is 344.